The second-order valence-corrected chi connectivity index (χ2v) is 8.58. The van der Waals surface area contributed by atoms with Gasteiger partial charge in [-0.05, 0) is 61.3 Å². The second kappa shape index (κ2) is 9.95. The van der Waals surface area contributed by atoms with Crippen molar-refractivity contribution < 1.29 is 19.3 Å². The lowest BCUT2D eigenvalue weighted by Crippen LogP contribution is -2.48. The van der Waals surface area contributed by atoms with Crippen LogP contribution in [0.3, 0.4) is 0 Å². The van der Waals surface area contributed by atoms with Crippen molar-refractivity contribution in [3.05, 3.63) is 23.3 Å². The monoisotopic (exact) mass is 391 g/mol. The second-order valence-electron chi connectivity index (χ2n) is 8.58. The van der Waals surface area contributed by atoms with Gasteiger partial charge in [0.1, 0.15) is 0 Å². The Bertz CT molecular complexity index is 633. The highest BCUT2D eigenvalue weighted by Gasteiger charge is 2.38. The normalized spacial score (nSPS) is 24.7. The summed E-state index contributed by atoms with van der Waals surface area (Å²) in [7, 11) is 1.71. The van der Waals surface area contributed by atoms with Gasteiger partial charge in [-0.1, -0.05) is 13.8 Å². The van der Waals surface area contributed by atoms with Crippen molar-refractivity contribution in [1.29, 1.82) is 0 Å². The molecule has 5 nitrogen and oxygen atoms in total. The van der Waals surface area contributed by atoms with E-state index in [0.717, 1.165) is 50.3 Å². The van der Waals surface area contributed by atoms with E-state index in [1.165, 1.54) is 11.1 Å². The molecule has 1 aromatic rings. The van der Waals surface area contributed by atoms with Gasteiger partial charge in [0.25, 0.3) is 0 Å². The van der Waals surface area contributed by atoms with E-state index in [9.17, 15) is 5.11 Å². The van der Waals surface area contributed by atoms with Crippen LogP contribution in [0.2, 0.25) is 0 Å². The van der Waals surface area contributed by atoms with Gasteiger partial charge < -0.3 is 19.3 Å². The number of aliphatic hydroxyl groups excluding tert-OH is 1. The number of methoxy groups -OCH3 is 1. The molecular formula is C23H37NO4. The van der Waals surface area contributed by atoms with Crippen molar-refractivity contribution >= 4 is 0 Å². The Balaban J connectivity index is 1.80. The molecular weight excluding hydrogens is 354 g/mol. The van der Waals surface area contributed by atoms with Crippen molar-refractivity contribution in [2.24, 2.45) is 11.8 Å². The quantitative estimate of drug-likeness (QED) is 0.649. The minimum Gasteiger partial charge on any atom is -0.490 e. The third-order valence-corrected chi connectivity index (χ3v) is 5.98. The first-order valence-corrected chi connectivity index (χ1v) is 10.9. The summed E-state index contributed by atoms with van der Waals surface area (Å²) in [5.41, 5.74) is 2.64. The maximum Gasteiger partial charge on any atom is 0.161 e. The number of aliphatic hydroxyl groups is 1. The molecule has 5 heteroatoms. The maximum absolute atomic E-state index is 10.8. The van der Waals surface area contributed by atoms with E-state index in [0.29, 0.717) is 31.7 Å². The molecule has 28 heavy (non-hydrogen) atoms. The van der Waals surface area contributed by atoms with Gasteiger partial charge in [0.15, 0.2) is 11.5 Å². The summed E-state index contributed by atoms with van der Waals surface area (Å²) in [6, 6.07) is 4.60. The molecule has 2 aliphatic rings. The van der Waals surface area contributed by atoms with Crippen LogP contribution in [0, 0.1) is 11.8 Å². The Kier molecular flexibility index (Phi) is 7.61. The molecule has 0 aliphatic carbocycles. The molecule has 0 bridgehead atoms. The Hall–Kier alpha value is -1.30. The number of piperidine rings is 1. The van der Waals surface area contributed by atoms with Gasteiger partial charge >= 0.3 is 0 Å². The fraction of sp³-hybridized carbons (Fsp3) is 0.739. The van der Waals surface area contributed by atoms with Gasteiger partial charge in [0.2, 0.25) is 0 Å². The topological polar surface area (TPSA) is 51.2 Å². The van der Waals surface area contributed by atoms with E-state index in [4.69, 9.17) is 14.2 Å². The Morgan fingerprint density at radius 3 is 2.68 bits per heavy atom. The summed E-state index contributed by atoms with van der Waals surface area (Å²) >= 11 is 0. The van der Waals surface area contributed by atoms with Crippen LogP contribution in [0.5, 0.6) is 11.5 Å². The Labute approximate surface area is 170 Å². The number of fused-ring (bicyclic) bond motifs is 3. The summed E-state index contributed by atoms with van der Waals surface area (Å²) in [6.45, 7) is 10.5. The summed E-state index contributed by atoms with van der Waals surface area (Å²) in [5, 5.41) is 10.8. The number of benzene rings is 1. The Morgan fingerprint density at radius 1 is 1.18 bits per heavy atom. The highest BCUT2D eigenvalue weighted by molar-refractivity contribution is 5.49. The van der Waals surface area contributed by atoms with Crippen LogP contribution in [0.15, 0.2) is 12.1 Å². The summed E-state index contributed by atoms with van der Waals surface area (Å²) in [4.78, 5) is 2.57. The van der Waals surface area contributed by atoms with Crippen LogP contribution < -0.4 is 9.47 Å². The average molecular weight is 392 g/mol. The van der Waals surface area contributed by atoms with E-state index >= 15 is 0 Å². The van der Waals surface area contributed by atoms with Crippen LogP contribution in [0.1, 0.15) is 57.2 Å². The van der Waals surface area contributed by atoms with E-state index in [-0.39, 0.29) is 12.1 Å². The van der Waals surface area contributed by atoms with E-state index in [1.54, 1.807) is 7.11 Å². The van der Waals surface area contributed by atoms with Gasteiger partial charge in [-0.2, -0.15) is 0 Å². The predicted molar refractivity (Wildman–Crippen MR) is 111 cm³/mol. The summed E-state index contributed by atoms with van der Waals surface area (Å²) in [5.74, 6) is 2.65. The zero-order chi connectivity index (χ0) is 20.1. The van der Waals surface area contributed by atoms with Gasteiger partial charge in [-0.25, -0.2) is 0 Å². The number of nitrogens with zero attached hydrogens (tertiary/aromatic N) is 1. The number of hydrogen-bond acceptors (Lipinski definition) is 5. The molecule has 0 amide bonds. The molecule has 2 aliphatic heterocycles. The molecule has 0 spiro atoms. The summed E-state index contributed by atoms with van der Waals surface area (Å²) < 4.78 is 17.0. The van der Waals surface area contributed by atoms with Crippen molar-refractivity contribution in [2.45, 2.75) is 58.6 Å². The number of rotatable bonds is 9. The fourth-order valence-corrected chi connectivity index (χ4v) is 4.70. The smallest absolute Gasteiger partial charge is 0.161 e. The minimum atomic E-state index is -0.229. The molecule has 3 rings (SSSR count). The largest absolute Gasteiger partial charge is 0.490 e. The molecule has 1 aromatic carbocycles. The van der Waals surface area contributed by atoms with Gasteiger partial charge in [0.05, 0.1) is 19.3 Å². The third kappa shape index (κ3) is 5.00. The first-order chi connectivity index (χ1) is 13.5. The lowest BCUT2D eigenvalue weighted by molar-refractivity contribution is -0.0192. The zero-order valence-electron chi connectivity index (χ0n) is 17.9. The molecule has 0 radical (unpaired) electrons. The van der Waals surface area contributed by atoms with Crippen molar-refractivity contribution in [1.82, 2.24) is 4.90 Å². The molecule has 1 N–H and O–H groups in total. The number of ether oxygens (including phenoxy) is 3. The van der Waals surface area contributed by atoms with Gasteiger partial charge in [0, 0.05) is 39.3 Å². The SMILES string of the molecule is CCOc1cc2c(cc1OCCCOC)C1CC(O)C(CC(C)C)CN1CC2. The van der Waals surface area contributed by atoms with Crippen molar-refractivity contribution in [3.63, 3.8) is 0 Å². The highest BCUT2D eigenvalue weighted by Crippen LogP contribution is 2.43. The lowest BCUT2D eigenvalue weighted by Gasteiger charge is -2.46. The van der Waals surface area contributed by atoms with Gasteiger partial charge in [-0.3, -0.25) is 4.90 Å². The van der Waals surface area contributed by atoms with Crippen molar-refractivity contribution in [2.75, 3.05) is 40.0 Å². The molecule has 0 aromatic heterocycles. The molecule has 3 atom stereocenters. The highest BCUT2D eigenvalue weighted by atomic mass is 16.5. The summed E-state index contributed by atoms with van der Waals surface area (Å²) in [6.07, 6.45) is 3.55. The van der Waals surface area contributed by atoms with Gasteiger partial charge in [-0.15, -0.1) is 0 Å². The molecule has 2 heterocycles. The van der Waals surface area contributed by atoms with Crippen molar-refractivity contribution in [3.8, 4) is 11.5 Å². The average Bonchev–Trinajstić information content (AvgIpc) is 2.66. The van der Waals surface area contributed by atoms with Crippen LogP contribution in [-0.4, -0.2) is 56.1 Å². The van der Waals surface area contributed by atoms with E-state index in [1.807, 2.05) is 6.92 Å². The fourth-order valence-electron chi connectivity index (χ4n) is 4.70. The minimum absolute atomic E-state index is 0.229. The molecule has 1 fully saturated rings. The third-order valence-electron chi connectivity index (χ3n) is 5.98. The first-order valence-electron chi connectivity index (χ1n) is 10.9. The van der Waals surface area contributed by atoms with E-state index < -0.39 is 0 Å². The molecule has 1 saturated heterocycles. The maximum atomic E-state index is 10.8. The molecule has 158 valence electrons. The lowest BCUT2D eigenvalue weighted by atomic mass is 9.79. The Morgan fingerprint density at radius 2 is 1.96 bits per heavy atom. The molecule has 0 saturated carbocycles. The van der Waals surface area contributed by atoms with Crippen LogP contribution >= 0.6 is 0 Å². The van der Waals surface area contributed by atoms with Crippen LogP contribution in [0.25, 0.3) is 0 Å². The van der Waals surface area contributed by atoms with E-state index in [2.05, 4.69) is 30.9 Å². The van der Waals surface area contributed by atoms with Crippen LogP contribution in [0.4, 0.5) is 0 Å². The van der Waals surface area contributed by atoms with Crippen LogP contribution in [-0.2, 0) is 11.2 Å². The standard InChI is InChI=1S/C23H37NO4/c1-5-27-22-12-17-7-8-24-15-18(11-16(2)3)21(25)14-20(24)19(17)13-23(22)28-10-6-9-26-4/h12-13,16,18,20-21,25H,5-11,14-15H2,1-4H3. The molecule has 3 unspecified atom stereocenters. The number of hydrogen-bond donors (Lipinski definition) is 1. The zero-order valence-corrected chi connectivity index (χ0v) is 17.9. The first kappa shape index (κ1) is 21.4. The predicted octanol–water partition coefficient (Wildman–Crippen LogP) is 3.83.